The number of morpholine rings is 1. The molecule has 6 rings (SSSR count). The van der Waals surface area contributed by atoms with Gasteiger partial charge in [-0.2, -0.15) is 0 Å². The summed E-state index contributed by atoms with van der Waals surface area (Å²) in [4.78, 5) is 34.5. The number of nitrogens with two attached hydrogens (primary N) is 1. The second-order valence-electron chi connectivity index (χ2n) is 13.2. The first-order valence-corrected chi connectivity index (χ1v) is 16.6. The maximum Gasteiger partial charge on any atom is 0.251 e. The van der Waals surface area contributed by atoms with Gasteiger partial charge < -0.3 is 25.1 Å². The zero-order chi connectivity index (χ0) is 31.8. The minimum atomic E-state index is -0.434. The number of nitrogens with one attached hydrogen (secondary N) is 1. The molecule has 8 nitrogen and oxygen atoms in total. The number of aromatic amines is 1. The Hall–Kier alpha value is -3.46. The highest BCUT2D eigenvalue weighted by Crippen LogP contribution is 2.43. The highest BCUT2D eigenvalue weighted by molar-refractivity contribution is 5.99. The number of benzene rings is 2. The Labute approximate surface area is 266 Å². The van der Waals surface area contributed by atoms with Crippen molar-refractivity contribution in [1.29, 1.82) is 0 Å². The Kier molecular flexibility index (Phi) is 9.18. The van der Waals surface area contributed by atoms with Crippen molar-refractivity contribution in [3.8, 4) is 11.1 Å². The molecule has 2 aliphatic heterocycles. The number of amides is 1. The van der Waals surface area contributed by atoms with E-state index in [0.29, 0.717) is 24.6 Å². The van der Waals surface area contributed by atoms with Crippen LogP contribution in [0.1, 0.15) is 88.6 Å². The molecule has 2 fully saturated rings. The van der Waals surface area contributed by atoms with Crippen molar-refractivity contribution in [3.05, 3.63) is 85.3 Å². The van der Waals surface area contributed by atoms with Gasteiger partial charge in [0.1, 0.15) is 0 Å². The topological polar surface area (TPSA) is 101 Å². The van der Waals surface area contributed by atoms with Gasteiger partial charge in [-0.1, -0.05) is 18.2 Å². The lowest BCUT2D eigenvalue weighted by Gasteiger charge is -2.40. The summed E-state index contributed by atoms with van der Waals surface area (Å²) in [6, 6.07) is 11.5. The van der Waals surface area contributed by atoms with Crippen LogP contribution >= 0.6 is 0 Å². The minimum absolute atomic E-state index is 0.0638. The number of aromatic nitrogens is 1. The quantitative estimate of drug-likeness (QED) is 0.355. The number of ether oxygens (including phenoxy) is 2. The molecule has 3 aliphatic rings. The van der Waals surface area contributed by atoms with E-state index in [2.05, 4.69) is 46.8 Å². The maximum absolute atomic E-state index is 13.4. The van der Waals surface area contributed by atoms with Gasteiger partial charge in [0.15, 0.2) is 0 Å². The average molecular weight is 613 g/mol. The molecule has 0 spiro atoms. The van der Waals surface area contributed by atoms with Crippen molar-refractivity contribution in [3.63, 3.8) is 0 Å². The van der Waals surface area contributed by atoms with Crippen LogP contribution in [0.5, 0.6) is 0 Å². The molecule has 1 aromatic heterocycles. The number of anilines is 1. The van der Waals surface area contributed by atoms with Crippen molar-refractivity contribution in [2.24, 2.45) is 5.73 Å². The number of aryl methyl sites for hydroxylation is 3. The number of hydrogen-bond acceptors (Lipinski definition) is 6. The summed E-state index contributed by atoms with van der Waals surface area (Å²) in [6.07, 6.45) is 4.52. The predicted molar refractivity (Wildman–Crippen MR) is 179 cm³/mol. The van der Waals surface area contributed by atoms with E-state index in [4.69, 9.17) is 15.2 Å². The number of hydrogen-bond donors (Lipinski definition) is 2. The van der Waals surface area contributed by atoms with Crippen LogP contribution in [-0.2, 0) is 22.3 Å². The first kappa shape index (κ1) is 31.5. The fraction of sp³-hybridized carbons (Fsp3) is 0.514. The van der Waals surface area contributed by atoms with Crippen LogP contribution in [0.2, 0.25) is 0 Å². The first-order valence-electron chi connectivity index (χ1n) is 16.6. The third kappa shape index (κ3) is 6.20. The molecule has 3 atom stereocenters. The lowest BCUT2D eigenvalue weighted by atomic mass is 9.85. The summed E-state index contributed by atoms with van der Waals surface area (Å²) in [5.74, 6) is -0.434. The Morgan fingerprint density at radius 3 is 2.53 bits per heavy atom. The van der Waals surface area contributed by atoms with Gasteiger partial charge in [0, 0.05) is 67.3 Å². The molecule has 3 unspecified atom stereocenters. The van der Waals surface area contributed by atoms with Crippen LogP contribution in [0.25, 0.3) is 11.1 Å². The highest BCUT2D eigenvalue weighted by Gasteiger charge is 2.32. The van der Waals surface area contributed by atoms with E-state index in [0.717, 1.165) is 103 Å². The van der Waals surface area contributed by atoms with Crippen LogP contribution in [-0.4, -0.2) is 67.4 Å². The summed E-state index contributed by atoms with van der Waals surface area (Å²) < 4.78 is 11.6. The molecule has 2 saturated heterocycles. The summed E-state index contributed by atoms with van der Waals surface area (Å²) in [7, 11) is 0. The smallest absolute Gasteiger partial charge is 0.251 e. The number of nitrogens with zero attached hydrogens (tertiary/aromatic N) is 2. The summed E-state index contributed by atoms with van der Waals surface area (Å²) in [5.41, 5.74) is 16.9. The summed E-state index contributed by atoms with van der Waals surface area (Å²) >= 11 is 0. The number of carbonyl (C=O) groups is 1. The predicted octanol–water partition coefficient (Wildman–Crippen LogP) is 5.37. The van der Waals surface area contributed by atoms with E-state index in [1.807, 2.05) is 32.9 Å². The molecule has 3 heterocycles. The number of pyridine rings is 1. The lowest BCUT2D eigenvalue weighted by molar-refractivity contribution is 0.0164. The second kappa shape index (κ2) is 13.1. The van der Waals surface area contributed by atoms with E-state index in [9.17, 15) is 9.59 Å². The van der Waals surface area contributed by atoms with E-state index in [1.165, 1.54) is 11.1 Å². The van der Waals surface area contributed by atoms with Crippen LogP contribution in [0, 0.1) is 20.8 Å². The maximum atomic E-state index is 13.4. The monoisotopic (exact) mass is 612 g/mol. The van der Waals surface area contributed by atoms with Crippen molar-refractivity contribution in [2.45, 2.75) is 84.9 Å². The van der Waals surface area contributed by atoms with Gasteiger partial charge in [0.2, 0.25) is 5.91 Å². The zero-order valence-corrected chi connectivity index (χ0v) is 27.5. The molecule has 0 bridgehead atoms. The van der Waals surface area contributed by atoms with Gasteiger partial charge in [-0.05, 0) is 111 Å². The lowest BCUT2D eigenvalue weighted by Crippen LogP contribution is -2.43. The third-order valence-corrected chi connectivity index (χ3v) is 10.3. The molecule has 45 heavy (non-hydrogen) atoms. The number of H-pyrrole nitrogens is 1. The van der Waals surface area contributed by atoms with Crippen LogP contribution in [0.15, 0.2) is 35.1 Å². The SMILES string of the molecule is CCN(c1c(C)c(C(N)=O)cc(-c2ccc3c(c2)CCC3N2CCOCC2)c1Cc1c(C)cc(C)[nH]c1=O)C1CCOC(C)C1. The molecular formula is C37H48N4O4. The molecule has 2 aromatic carbocycles. The molecule has 8 heteroatoms. The Morgan fingerprint density at radius 2 is 1.84 bits per heavy atom. The van der Waals surface area contributed by atoms with Gasteiger partial charge in [-0.3, -0.25) is 14.5 Å². The fourth-order valence-corrected chi connectivity index (χ4v) is 8.07. The minimum Gasteiger partial charge on any atom is -0.379 e. The van der Waals surface area contributed by atoms with Gasteiger partial charge in [0.25, 0.3) is 5.56 Å². The van der Waals surface area contributed by atoms with Gasteiger partial charge in [-0.25, -0.2) is 0 Å². The van der Waals surface area contributed by atoms with E-state index in [-0.39, 0.29) is 17.7 Å². The van der Waals surface area contributed by atoms with E-state index in [1.54, 1.807) is 0 Å². The van der Waals surface area contributed by atoms with Crippen LogP contribution in [0.3, 0.4) is 0 Å². The molecule has 240 valence electrons. The molecule has 3 aromatic rings. The normalized spacial score (nSPS) is 21.9. The Morgan fingerprint density at radius 1 is 1.07 bits per heavy atom. The molecule has 0 radical (unpaired) electrons. The average Bonchev–Trinajstić information content (AvgIpc) is 3.44. The van der Waals surface area contributed by atoms with Gasteiger partial charge in [0.05, 0.1) is 19.3 Å². The van der Waals surface area contributed by atoms with Gasteiger partial charge in [-0.15, -0.1) is 0 Å². The number of rotatable bonds is 8. The highest BCUT2D eigenvalue weighted by atomic mass is 16.5. The molecule has 0 saturated carbocycles. The van der Waals surface area contributed by atoms with Gasteiger partial charge >= 0.3 is 0 Å². The van der Waals surface area contributed by atoms with E-state index < -0.39 is 5.91 Å². The summed E-state index contributed by atoms with van der Waals surface area (Å²) in [6.45, 7) is 15.2. The van der Waals surface area contributed by atoms with Crippen molar-refractivity contribution in [1.82, 2.24) is 9.88 Å². The van der Waals surface area contributed by atoms with E-state index >= 15 is 0 Å². The van der Waals surface area contributed by atoms with Crippen molar-refractivity contribution >= 4 is 11.6 Å². The molecular weight excluding hydrogens is 564 g/mol. The number of carbonyl (C=O) groups excluding carboxylic acids is 1. The third-order valence-electron chi connectivity index (χ3n) is 10.3. The van der Waals surface area contributed by atoms with Crippen LogP contribution < -0.4 is 16.2 Å². The molecule has 1 amide bonds. The first-order chi connectivity index (χ1) is 21.7. The van der Waals surface area contributed by atoms with Crippen LogP contribution in [0.4, 0.5) is 5.69 Å². The largest absolute Gasteiger partial charge is 0.379 e. The Balaban J connectivity index is 1.54. The summed E-state index contributed by atoms with van der Waals surface area (Å²) in [5, 5.41) is 0. The number of fused-ring (bicyclic) bond motifs is 1. The standard InChI is InChI=1S/C37H48N4O4/c1-6-41(28-11-14-45-24(4)18-28)35-25(5)31(36(38)42)21-32(33(35)20-30-22(2)17-23(3)39-37(30)43)27-7-9-29-26(19-27)8-10-34(29)40-12-15-44-16-13-40/h7,9,17,19,21,24,28,34H,6,8,10-16,18,20H2,1-5H3,(H2,38,42)(H,39,43). The molecule has 3 N–H and O–H groups in total. The molecule has 1 aliphatic carbocycles. The Bertz CT molecular complexity index is 1640. The second-order valence-corrected chi connectivity index (χ2v) is 13.2. The van der Waals surface area contributed by atoms with Crippen molar-refractivity contribution < 1.29 is 14.3 Å². The zero-order valence-electron chi connectivity index (χ0n) is 27.5. The number of primary amides is 1. The fourth-order valence-electron chi connectivity index (χ4n) is 8.07. The van der Waals surface area contributed by atoms with Crippen molar-refractivity contribution in [2.75, 3.05) is 44.4 Å².